The Balaban J connectivity index is 2.50. The van der Waals surface area contributed by atoms with E-state index in [0.717, 1.165) is 0 Å². The highest BCUT2D eigenvalue weighted by Crippen LogP contribution is 2.10. The van der Waals surface area contributed by atoms with Crippen LogP contribution in [-0.4, -0.2) is 42.9 Å². The predicted octanol–water partition coefficient (Wildman–Crippen LogP) is 1.17. The second-order valence-corrected chi connectivity index (χ2v) is 4.56. The van der Waals surface area contributed by atoms with Gasteiger partial charge < -0.3 is 15.0 Å². The fourth-order valence-electron chi connectivity index (χ4n) is 1.56. The molecular formula is C15H17N3O4. The van der Waals surface area contributed by atoms with Gasteiger partial charge in [-0.05, 0) is 24.3 Å². The number of hydrogen-bond acceptors (Lipinski definition) is 5. The first-order chi connectivity index (χ1) is 10.4. The zero-order valence-electron chi connectivity index (χ0n) is 12.5. The molecule has 0 aliphatic heterocycles. The van der Waals surface area contributed by atoms with E-state index in [4.69, 9.17) is 10.00 Å². The minimum absolute atomic E-state index is 0.207. The third-order valence-corrected chi connectivity index (χ3v) is 2.75. The second kappa shape index (κ2) is 8.42. The van der Waals surface area contributed by atoms with E-state index < -0.39 is 5.97 Å². The summed E-state index contributed by atoms with van der Waals surface area (Å²) in [6, 6.07) is 8.06. The highest BCUT2D eigenvalue weighted by Gasteiger charge is 2.13. The number of amides is 2. The molecule has 2 amide bonds. The summed E-state index contributed by atoms with van der Waals surface area (Å²) in [5, 5.41) is 11.0. The van der Waals surface area contributed by atoms with Crippen LogP contribution in [-0.2, 0) is 14.3 Å². The molecule has 0 aromatic heterocycles. The molecule has 7 nitrogen and oxygen atoms in total. The van der Waals surface area contributed by atoms with Gasteiger partial charge in [0.15, 0.2) is 6.61 Å². The van der Waals surface area contributed by atoms with E-state index in [2.05, 4.69) is 5.32 Å². The van der Waals surface area contributed by atoms with Crippen molar-refractivity contribution in [2.75, 3.05) is 25.5 Å². The molecule has 0 unspecified atom stereocenters. The number of ether oxygens (including phenoxy) is 1. The number of hydrogen-bond donors (Lipinski definition) is 1. The third kappa shape index (κ3) is 5.63. The van der Waals surface area contributed by atoms with Gasteiger partial charge in [0.25, 0.3) is 5.91 Å². The molecular weight excluding hydrogens is 286 g/mol. The van der Waals surface area contributed by atoms with Crippen LogP contribution in [0, 0.1) is 11.3 Å². The third-order valence-electron chi connectivity index (χ3n) is 2.75. The highest BCUT2D eigenvalue weighted by atomic mass is 16.5. The molecule has 7 heteroatoms. The molecule has 1 rings (SSSR count). The van der Waals surface area contributed by atoms with E-state index in [1.807, 2.05) is 6.07 Å². The number of anilines is 1. The maximum Gasteiger partial charge on any atom is 0.338 e. The zero-order chi connectivity index (χ0) is 16.5. The van der Waals surface area contributed by atoms with E-state index >= 15 is 0 Å². The van der Waals surface area contributed by atoms with Crippen molar-refractivity contribution in [3.05, 3.63) is 29.8 Å². The van der Waals surface area contributed by atoms with Gasteiger partial charge in [-0.25, -0.2) is 4.79 Å². The molecule has 0 saturated carbocycles. The molecule has 0 heterocycles. The van der Waals surface area contributed by atoms with Crippen molar-refractivity contribution in [3.8, 4) is 6.07 Å². The zero-order valence-corrected chi connectivity index (χ0v) is 12.5. The summed E-state index contributed by atoms with van der Waals surface area (Å²) in [4.78, 5) is 35.7. The Morgan fingerprint density at radius 2 is 1.91 bits per heavy atom. The monoisotopic (exact) mass is 303 g/mol. The fraction of sp³-hybridized carbons (Fsp3) is 0.333. The number of nitrogens with zero attached hydrogens (tertiary/aromatic N) is 2. The van der Waals surface area contributed by atoms with E-state index in [0.29, 0.717) is 5.69 Å². The van der Waals surface area contributed by atoms with Gasteiger partial charge in [0.05, 0.1) is 18.1 Å². The average Bonchev–Trinajstić information content (AvgIpc) is 2.50. The highest BCUT2D eigenvalue weighted by molar-refractivity contribution is 5.93. The van der Waals surface area contributed by atoms with Crippen molar-refractivity contribution >= 4 is 23.5 Å². The van der Waals surface area contributed by atoms with Crippen molar-refractivity contribution in [3.63, 3.8) is 0 Å². The molecule has 0 radical (unpaired) electrons. The number of benzene rings is 1. The van der Waals surface area contributed by atoms with Crippen molar-refractivity contribution < 1.29 is 19.1 Å². The molecule has 0 aliphatic carbocycles. The summed E-state index contributed by atoms with van der Waals surface area (Å²) < 4.78 is 4.91. The Morgan fingerprint density at radius 3 is 2.45 bits per heavy atom. The lowest BCUT2D eigenvalue weighted by molar-refractivity contribution is -0.133. The number of esters is 1. The Hall–Kier alpha value is -2.88. The number of nitriles is 1. The standard InChI is InChI=1S/C15H17N3O4/c1-11(19)17-13-6-4-12(5-7-13)15(21)22-10-14(20)18(2)9-3-8-16/h4-7H,3,9-10H2,1-2H3,(H,17,19). The van der Waals surface area contributed by atoms with Crippen LogP contribution < -0.4 is 5.32 Å². The lowest BCUT2D eigenvalue weighted by Crippen LogP contribution is -2.31. The quantitative estimate of drug-likeness (QED) is 0.795. The van der Waals surface area contributed by atoms with Crippen LogP contribution in [0.4, 0.5) is 5.69 Å². The maximum atomic E-state index is 11.8. The normalized spacial score (nSPS) is 9.50. The summed E-state index contributed by atoms with van der Waals surface area (Å²) in [5.74, 6) is -1.21. The van der Waals surface area contributed by atoms with Crippen molar-refractivity contribution in [2.45, 2.75) is 13.3 Å². The van der Waals surface area contributed by atoms with Crippen LogP contribution in [0.5, 0.6) is 0 Å². The first-order valence-electron chi connectivity index (χ1n) is 6.59. The second-order valence-electron chi connectivity index (χ2n) is 4.56. The van der Waals surface area contributed by atoms with Crippen molar-refractivity contribution in [2.24, 2.45) is 0 Å². The number of carbonyl (C=O) groups is 3. The Bertz CT molecular complexity index is 590. The molecule has 0 saturated heterocycles. The maximum absolute atomic E-state index is 11.8. The van der Waals surface area contributed by atoms with Gasteiger partial charge in [0.2, 0.25) is 5.91 Å². The van der Waals surface area contributed by atoms with Gasteiger partial charge in [-0.2, -0.15) is 5.26 Å². The van der Waals surface area contributed by atoms with E-state index in [1.165, 1.54) is 31.0 Å². The van der Waals surface area contributed by atoms with Crippen LogP contribution in [0.15, 0.2) is 24.3 Å². The predicted molar refractivity (Wildman–Crippen MR) is 78.9 cm³/mol. The Kier molecular flexibility index (Phi) is 6.57. The van der Waals surface area contributed by atoms with E-state index in [1.54, 1.807) is 12.1 Å². The molecule has 22 heavy (non-hydrogen) atoms. The fourth-order valence-corrected chi connectivity index (χ4v) is 1.56. The molecule has 0 spiro atoms. The van der Waals surface area contributed by atoms with Gasteiger partial charge >= 0.3 is 5.97 Å². The van der Waals surface area contributed by atoms with Crippen LogP contribution in [0.3, 0.4) is 0 Å². The lowest BCUT2D eigenvalue weighted by Gasteiger charge is -2.15. The molecule has 116 valence electrons. The number of rotatable bonds is 6. The number of likely N-dealkylation sites (N-methyl/N-ethyl adjacent to an activating group) is 1. The van der Waals surface area contributed by atoms with Gasteiger partial charge in [-0.15, -0.1) is 0 Å². The van der Waals surface area contributed by atoms with Crippen LogP contribution in [0.1, 0.15) is 23.7 Å². The first-order valence-corrected chi connectivity index (χ1v) is 6.59. The Morgan fingerprint density at radius 1 is 1.27 bits per heavy atom. The molecule has 1 aromatic rings. The van der Waals surface area contributed by atoms with Crippen LogP contribution >= 0.6 is 0 Å². The minimum Gasteiger partial charge on any atom is -0.452 e. The molecule has 0 aliphatic rings. The molecule has 0 bridgehead atoms. The van der Waals surface area contributed by atoms with Crippen LogP contribution in [0.2, 0.25) is 0 Å². The number of carbonyl (C=O) groups excluding carboxylic acids is 3. The summed E-state index contributed by atoms with van der Waals surface area (Å²) in [6.45, 7) is 1.29. The van der Waals surface area contributed by atoms with Gasteiger partial charge in [-0.1, -0.05) is 0 Å². The molecule has 1 aromatic carbocycles. The van der Waals surface area contributed by atoms with Gasteiger partial charge in [0, 0.05) is 26.2 Å². The van der Waals surface area contributed by atoms with Crippen LogP contribution in [0.25, 0.3) is 0 Å². The topological polar surface area (TPSA) is 99.5 Å². The van der Waals surface area contributed by atoms with E-state index in [9.17, 15) is 14.4 Å². The summed E-state index contributed by atoms with van der Waals surface area (Å²) in [7, 11) is 1.54. The smallest absolute Gasteiger partial charge is 0.338 e. The summed E-state index contributed by atoms with van der Waals surface area (Å²) in [5.41, 5.74) is 0.845. The SMILES string of the molecule is CC(=O)Nc1ccc(C(=O)OCC(=O)N(C)CCC#N)cc1. The number of nitrogens with one attached hydrogen (secondary N) is 1. The minimum atomic E-state index is -0.628. The van der Waals surface area contributed by atoms with Crippen molar-refractivity contribution in [1.82, 2.24) is 4.90 Å². The first kappa shape index (κ1) is 17.2. The summed E-state index contributed by atoms with van der Waals surface area (Å²) in [6.07, 6.45) is 0.223. The van der Waals surface area contributed by atoms with E-state index in [-0.39, 0.29) is 37.0 Å². The lowest BCUT2D eigenvalue weighted by atomic mass is 10.2. The van der Waals surface area contributed by atoms with Crippen molar-refractivity contribution in [1.29, 1.82) is 5.26 Å². The summed E-state index contributed by atoms with van der Waals surface area (Å²) >= 11 is 0. The Labute approximate surface area is 128 Å². The molecule has 0 atom stereocenters. The van der Waals surface area contributed by atoms with Gasteiger partial charge in [-0.3, -0.25) is 9.59 Å². The molecule has 1 N–H and O–H groups in total. The average molecular weight is 303 g/mol. The molecule has 0 fully saturated rings. The largest absolute Gasteiger partial charge is 0.452 e. The van der Waals surface area contributed by atoms with Gasteiger partial charge in [0.1, 0.15) is 0 Å².